The van der Waals surface area contributed by atoms with Crippen molar-refractivity contribution in [2.75, 3.05) is 11.2 Å². The maximum absolute atomic E-state index is 13.0. The molecule has 7 heteroatoms. The number of benzene rings is 2. The number of nitrogens with one attached hydrogen (secondary N) is 1. The van der Waals surface area contributed by atoms with Crippen molar-refractivity contribution in [3.05, 3.63) is 81.7 Å². The largest absolute Gasteiger partial charge is 0.281 e. The third-order valence-corrected chi connectivity index (χ3v) is 7.14. The Morgan fingerprint density at radius 2 is 1.97 bits per heavy atom. The highest BCUT2D eigenvalue weighted by Crippen LogP contribution is 2.30. The fourth-order valence-electron chi connectivity index (χ4n) is 3.80. The Morgan fingerprint density at radius 3 is 2.83 bits per heavy atom. The molecule has 4 aromatic rings. The summed E-state index contributed by atoms with van der Waals surface area (Å²) in [5.41, 5.74) is 7.01. The van der Waals surface area contributed by atoms with Crippen LogP contribution in [0.1, 0.15) is 17.5 Å². The molecule has 0 saturated carbocycles. The zero-order valence-electron chi connectivity index (χ0n) is 16.1. The molecule has 2 aromatic heterocycles. The summed E-state index contributed by atoms with van der Waals surface area (Å²) in [5.74, 6) is -0.00132. The van der Waals surface area contributed by atoms with Gasteiger partial charge in [-0.15, -0.1) is 23.1 Å². The van der Waals surface area contributed by atoms with Crippen molar-refractivity contribution in [1.29, 1.82) is 0 Å². The third-order valence-electron chi connectivity index (χ3n) is 5.26. The van der Waals surface area contributed by atoms with Gasteiger partial charge in [0.2, 0.25) is 5.91 Å². The molecule has 0 bridgehead atoms. The fraction of sp³-hybridized carbons (Fsp3) is 0.174. The van der Waals surface area contributed by atoms with Crippen LogP contribution in [0.4, 0.5) is 0 Å². The summed E-state index contributed by atoms with van der Waals surface area (Å²) in [6.45, 7) is 0. The number of carbonyl (C=O) groups excluding carboxylic acids is 1. The van der Waals surface area contributed by atoms with Gasteiger partial charge in [-0.2, -0.15) is 0 Å². The summed E-state index contributed by atoms with van der Waals surface area (Å²) < 4.78 is 1.19. The van der Waals surface area contributed by atoms with Crippen molar-refractivity contribution in [2.24, 2.45) is 0 Å². The molecule has 2 heterocycles. The highest BCUT2D eigenvalue weighted by Gasteiger charge is 2.15. The van der Waals surface area contributed by atoms with Crippen LogP contribution in [0.5, 0.6) is 0 Å². The van der Waals surface area contributed by atoms with Crippen molar-refractivity contribution < 1.29 is 4.79 Å². The molecule has 1 amide bonds. The second-order valence-electron chi connectivity index (χ2n) is 7.22. The molecule has 1 N–H and O–H groups in total. The number of thiophene rings is 1. The number of thioether (sulfide) groups is 1. The summed E-state index contributed by atoms with van der Waals surface area (Å²) in [5, 5.41) is 2.46. The average Bonchev–Trinajstić information content (AvgIpc) is 3.42. The zero-order chi connectivity index (χ0) is 20.5. The Morgan fingerprint density at radius 1 is 1.13 bits per heavy atom. The van der Waals surface area contributed by atoms with Crippen molar-refractivity contribution in [1.82, 2.24) is 9.66 Å². The summed E-state index contributed by atoms with van der Waals surface area (Å²) in [4.78, 5) is 31.6. The molecule has 30 heavy (non-hydrogen) atoms. The number of carbonyl (C=O) groups is 1. The van der Waals surface area contributed by atoms with E-state index in [9.17, 15) is 9.59 Å². The lowest BCUT2D eigenvalue weighted by Gasteiger charge is -2.09. The SMILES string of the molecule is O=C(CSc1ccc2c(c1)CCC2)Nn1cnc2scc(-c3ccccc3)c2c1=O. The van der Waals surface area contributed by atoms with Crippen LogP contribution in [-0.4, -0.2) is 21.3 Å². The van der Waals surface area contributed by atoms with Crippen molar-refractivity contribution >= 4 is 39.2 Å². The first-order valence-corrected chi connectivity index (χ1v) is 11.6. The minimum absolute atomic E-state index is 0.235. The molecule has 0 unspecified atom stereocenters. The number of hydrogen-bond acceptors (Lipinski definition) is 5. The van der Waals surface area contributed by atoms with Gasteiger partial charge in [-0.25, -0.2) is 9.66 Å². The summed E-state index contributed by atoms with van der Waals surface area (Å²) in [6, 6.07) is 16.1. The molecule has 1 aliphatic rings. The predicted molar refractivity (Wildman–Crippen MR) is 123 cm³/mol. The predicted octanol–water partition coefficient (Wildman–Crippen LogP) is 4.48. The molecule has 2 aromatic carbocycles. The van der Waals surface area contributed by atoms with Gasteiger partial charge in [0, 0.05) is 15.8 Å². The summed E-state index contributed by atoms with van der Waals surface area (Å²) >= 11 is 2.91. The lowest BCUT2D eigenvalue weighted by atomic mass is 10.1. The second-order valence-corrected chi connectivity index (χ2v) is 9.13. The second kappa shape index (κ2) is 8.08. The summed E-state index contributed by atoms with van der Waals surface area (Å²) in [6.07, 6.45) is 4.85. The first kappa shape index (κ1) is 19.1. The van der Waals surface area contributed by atoms with Gasteiger partial charge in [-0.1, -0.05) is 36.4 Å². The zero-order valence-corrected chi connectivity index (χ0v) is 17.8. The molecule has 0 fully saturated rings. The molecular weight excluding hydrogens is 414 g/mol. The molecule has 150 valence electrons. The first-order valence-electron chi connectivity index (χ1n) is 9.78. The van der Waals surface area contributed by atoms with Gasteiger partial charge in [-0.05, 0) is 48.1 Å². The van der Waals surface area contributed by atoms with Gasteiger partial charge in [0.1, 0.15) is 11.2 Å². The van der Waals surface area contributed by atoms with Crippen LogP contribution < -0.4 is 11.0 Å². The Bertz CT molecular complexity index is 1300. The molecule has 0 aliphatic heterocycles. The molecule has 5 nitrogen and oxygen atoms in total. The highest BCUT2D eigenvalue weighted by molar-refractivity contribution is 8.00. The van der Waals surface area contributed by atoms with E-state index in [2.05, 4.69) is 28.6 Å². The van der Waals surface area contributed by atoms with Gasteiger partial charge in [0.25, 0.3) is 5.56 Å². The molecule has 0 atom stereocenters. The van der Waals surface area contributed by atoms with E-state index in [-0.39, 0.29) is 17.2 Å². The first-order chi connectivity index (χ1) is 14.7. The lowest BCUT2D eigenvalue weighted by Crippen LogP contribution is -2.34. The van der Waals surface area contributed by atoms with E-state index in [1.54, 1.807) is 0 Å². The minimum atomic E-state index is -0.268. The molecule has 0 saturated heterocycles. The number of aryl methyl sites for hydroxylation is 2. The summed E-state index contributed by atoms with van der Waals surface area (Å²) in [7, 11) is 0. The highest BCUT2D eigenvalue weighted by atomic mass is 32.2. The van der Waals surface area contributed by atoms with E-state index < -0.39 is 0 Å². The molecular formula is C23H19N3O2S2. The van der Waals surface area contributed by atoms with E-state index in [1.807, 2.05) is 35.7 Å². The van der Waals surface area contributed by atoms with Gasteiger partial charge >= 0.3 is 0 Å². The van der Waals surface area contributed by atoms with E-state index in [0.717, 1.165) is 28.9 Å². The van der Waals surface area contributed by atoms with E-state index >= 15 is 0 Å². The van der Waals surface area contributed by atoms with Gasteiger partial charge in [0.05, 0.1) is 11.1 Å². The Hall–Kier alpha value is -2.90. The molecule has 1 aliphatic carbocycles. The van der Waals surface area contributed by atoms with Crippen molar-refractivity contribution in [2.45, 2.75) is 24.2 Å². The number of fused-ring (bicyclic) bond motifs is 2. The fourth-order valence-corrected chi connectivity index (χ4v) is 5.45. The van der Waals surface area contributed by atoms with Crippen LogP contribution in [0, 0.1) is 0 Å². The maximum Gasteiger partial charge on any atom is 0.281 e. The number of nitrogens with zero attached hydrogens (tertiary/aromatic N) is 2. The van der Waals surface area contributed by atoms with E-state index in [4.69, 9.17) is 0 Å². The number of amides is 1. The van der Waals surface area contributed by atoms with Crippen LogP contribution in [-0.2, 0) is 17.6 Å². The Kier molecular flexibility index (Phi) is 5.14. The number of aromatic nitrogens is 2. The minimum Gasteiger partial charge on any atom is -0.272 e. The average molecular weight is 434 g/mol. The van der Waals surface area contributed by atoms with Crippen LogP contribution >= 0.6 is 23.1 Å². The van der Waals surface area contributed by atoms with E-state index in [1.165, 1.54) is 51.6 Å². The molecule has 0 spiro atoms. The topological polar surface area (TPSA) is 64.0 Å². The molecule has 5 rings (SSSR count). The Labute approximate surface area is 181 Å². The third kappa shape index (κ3) is 3.66. The van der Waals surface area contributed by atoms with Crippen LogP contribution in [0.2, 0.25) is 0 Å². The Balaban J connectivity index is 1.34. The number of rotatable bonds is 5. The van der Waals surface area contributed by atoms with Gasteiger partial charge in [0.15, 0.2) is 0 Å². The number of hydrogen-bond donors (Lipinski definition) is 1. The van der Waals surface area contributed by atoms with Crippen LogP contribution in [0.15, 0.2) is 69.9 Å². The van der Waals surface area contributed by atoms with Crippen LogP contribution in [0.25, 0.3) is 21.3 Å². The maximum atomic E-state index is 13.0. The quantitative estimate of drug-likeness (QED) is 0.472. The van der Waals surface area contributed by atoms with Crippen molar-refractivity contribution in [3.8, 4) is 11.1 Å². The smallest absolute Gasteiger partial charge is 0.272 e. The standard InChI is InChI=1S/C23H19N3O2S2/c27-20(13-29-18-10-9-15-7-4-8-17(15)11-18)25-26-14-24-22-21(23(26)28)19(12-30-22)16-5-2-1-3-6-16/h1-3,5-6,9-12,14H,4,7-8,13H2,(H,25,27). The lowest BCUT2D eigenvalue weighted by molar-refractivity contribution is -0.114. The normalized spacial score (nSPS) is 12.8. The monoisotopic (exact) mass is 433 g/mol. The van der Waals surface area contributed by atoms with Gasteiger partial charge < -0.3 is 0 Å². The van der Waals surface area contributed by atoms with Gasteiger partial charge in [-0.3, -0.25) is 15.0 Å². The van der Waals surface area contributed by atoms with E-state index in [0.29, 0.717) is 10.2 Å². The molecule has 0 radical (unpaired) electrons. The van der Waals surface area contributed by atoms with Crippen LogP contribution in [0.3, 0.4) is 0 Å². The van der Waals surface area contributed by atoms with Crippen molar-refractivity contribution in [3.63, 3.8) is 0 Å².